The Kier molecular flexibility index (Phi) is 4.40. The van der Waals surface area contributed by atoms with E-state index in [1.807, 2.05) is 95.7 Å². The summed E-state index contributed by atoms with van der Waals surface area (Å²) in [5, 5.41) is 11.2. The Labute approximate surface area is 185 Å². The predicted molar refractivity (Wildman–Crippen MR) is 127 cm³/mol. The minimum Gasteiger partial charge on any atom is -0.453 e. The Morgan fingerprint density at radius 1 is 0.531 bits per heavy atom. The average molecular weight is 413 g/mol. The smallest absolute Gasteiger partial charge is 0.163 e. The van der Waals surface area contributed by atoms with E-state index in [1.165, 1.54) is 0 Å². The van der Waals surface area contributed by atoms with E-state index in [0.29, 0.717) is 0 Å². The van der Waals surface area contributed by atoms with Crippen molar-refractivity contribution in [2.75, 3.05) is 0 Å². The molecule has 6 rings (SSSR count). The van der Waals surface area contributed by atoms with Crippen LogP contribution in [-0.2, 0) is 0 Å². The molecule has 4 nitrogen and oxygen atoms in total. The molecule has 6 aromatic rings. The van der Waals surface area contributed by atoms with Crippen molar-refractivity contribution in [3.8, 4) is 39.7 Å². The summed E-state index contributed by atoms with van der Waals surface area (Å²) in [6.45, 7) is 0. The fourth-order valence-corrected chi connectivity index (χ4v) is 4.10. The molecule has 4 aromatic carbocycles. The maximum absolute atomic E-state index is 6.62. The number of para-hydroxylation sites is 1. The Hall–Kier alpha value is -4.44. The number of aromatic nitrogens is 3. The third kappa shape index (κ3) is 3.01. The van der Waals surface area contributed by atoms with Crippen molar-refractivity contribution < 1.29 is 4.42 Å². The van der Waals surface area contributed by atoms with Gasteiger partial charge in [-0.15, -0.1) is 5.10 Å². The zero-order valence-electron chi connectivity index (χ0n) is 17.2. The molecule has 0 saturated heterocycles. The van der Waals surface area contributed by atoms with E-state index in [4.69, 9.17) is 4.42 Å². The number of hydrogen-bond donors (Lipinski definition) is 0. The van der Waals surface area contributed by atoms with Gasteiger partial charge in [-0.2, -0.15) is 0 Å². The van der Waals surface area contributed by atoms with Gasteiger partial charge in [-0.25, -0.2) is 4.68 Å². The zero-order valence-corrected chi connectivity index (χ0v) is 17.2. The van der Waals surface area contributed by atoms with Gasteiger partial charge in [0.25, 0.3) is 0 Å². The van der Waals surface area contributed by atoms with Crippen LogP contribution in [0.25, 0.3) is 50.5 Å². The van der Waals surface area contributed by atoms with Gasteiger partial charge in [0.1, 0.15) is 17.1 Å². The summed E-state index contributed by atoms with van der Waals surface area (Å²) in [7, 11) is 0. The van der Waals surface area contributed by atoms with Crippen molar-refractivity contribution in [3.05, 3.63) is 115 Å². The van der Waals surface area contributed by atoms with Crippen LogP contribution in [-0.4, -0.2) is 15.0 Å². The summed E-state index contributed by atoms with van der Waals surface area (Å²) >= 11 is 0. The maximum atomic E-state index is 6.62. The lowest BCUT2D eigenvalue weighted by Crippen LogP contribution is -1.99. The highest BCUT2D eigenvalue weighted by Gasteiger charge is 2.25. The van der Waals surface area contributed by atoms with Gasteiger partial charge in [0.2, 0.25) is 0 Å². The lowest BCUT2D eigenvalue weighted by molar-refractivity contribution is 0.596. The topological polar surface area (TPSA) is 43.9 Å². The summed E-state index contributed by atoms with van der Waals surface area (Å²) in [5.74, 6) is 1.60. The quantitative estimate of drug-likeness (QED) is 0.312. The van der Waals surface area contributed by atoms with Crippen LogP contribution < -0.4 is 0 Å². The summed E-state index contributed by atoms with van der Waals surface area (Å²) in [6, 6.07) is 38.6. The molecule has 0 N–H and O–H groups in total. The molecule has 0 radical (unpaired) electrons. The molecule has 0 spiro atoms. The normalized spacial score (nSPS) is 11.1. The van der Waals surface area contributed by atoms with E-state index in [0.717, 1.165) is 50.5 Å². The second kappa shape index (κ2) is 7.67. The predicted octanol–water partition coefficient (Wildman–Crippen LogP) is 7.01. The van der Waals surface area contributed by atoms with Gasteiger partial charge in [-0.05, 0) is 12.1 Å². The van der Waals surface area contributed by atoms with E-state index in [9.17, 15) is 0 Å². The molecule has 0 aliphatic carbocycles. The van der Waals surface area contributed by atoms with Crippen LogP contribution in [0.1, 0.15) is 0 Å². The number of rotatable bonds is 4. The second-order valence-corrected chi connectivity index (χ2v) is 7.57. The monoisotopic (exact) mass is 413 g/mol. The molecule has 0 amide bonds. The largest absolute Gasteiger partial charge is 0.453 e. The molecule has 2 heterocycles. The SMILES string of the molecule is c1ccc(-c2nnn(-c3ccccc3)c2-c2oc(-c3ccccc3)c3ccccc23)cc1. The summed E-state index contributed by atoms with van der Waals surface area (Å²) < 4.78 is 8.48. The highest BCUT2D eigenvalue weighted by Crippen LogP contribution is 2.42. The molecule has 0 unspecified atom stereocenters. The van der Waals surface area contributed by atoms with Gasteiger partial charge in [0.15, 0.2) is 5.76 Å². The van der Waals surface area contributed by atoms with Gasteiger partial charge in [-0.3, -0.25) is 0 Å². The van der Waals surface area contributed by atoms with E-state index in [-0.39, 0.29) is 0 Å². The van der Waals surface area contributed by atoms with E-state index < -0.39 is 0 Å². The Balaban J connectivity index is 1.68. The van der Waals surface area contributed by atoms with Crippen molar-refractivity contribution >= 4 is 10.8 Å². The molecular formula is C28H19N3O. The van der Waals surface area contributed by atoms with Crippen molar-refractivity contribution in [2.45, 2.75) is 0 Å². The Morgan fingerprint density at radius 3 is 1.72 bits per heavy atom. The van der Waals surface area contributed by atoms with Crippen molar-refractivity contribution in [3.63, 3.8) is 0 Å². The molecule has 0 aliphatic rings. The number of nitrogens with zero attached hydrogens (tertiary/aromatic N) is 3. The zero-order chi connectivity index (χ0) is 21.3. The van der Waals surface area contributed by atoms with Crippen molar-refractivity contribution in [1.82, 2.24) is 15.0 Å². The van der Waals surface area contributed by atoms with Gasteiger partial charge in [0, 0.05) is 21.9 Å². The van der Waals surface area contributed by atoms with Gasteiger partial charge in [0.05, 0.1) is 5.69 Å². The first-order valence-electron chi connectivity index (χ1n) is 10.5. The molecule has 152 valence electrons. The Morgan fingerprint density at radius 2 is 1.06 bits per heavy atom. The summed E-state index contributed by atoms with van der Waals surface area (Å²) in [4.78, 5) is 0. The van der Waals surface area contributed by atoms with Gasteiger partial charge < -0.3 is 4.42 Å². The fraction of sp³-hybridized carbons (Fsp3) is 0. The first-order valence-corrected chi connectivity index (χ1v) is 10.5. The highest BCUT2D eigenvalue weighted by atomic mass is 16.3. The van der Waals surface area contributed by atoms with Crippen molar-refractivity contribution in [1.29, 1.82) is 0 Å². The fourth-order valence-electron chi connectivity index (χ4n) is 4.10. The highest BCUT2D eigenvalue weighted by molar-refractivity contribution is 6.03. The molecule has 32 heavy (non-hydrogen) atoms. The number of fused-ring (bicyclic) bond motifs is 1. The molecule has 0 fully saturated rings. The molecule has 4 heteroatoms. The average Bonchev–Trinajstić information content (AvgIpc) is 3.48. The van der Waals surface area contributed by atoms with Gasteiger partial charge in [-0.1, -0.05) is 108 Å². The molecule has 0 saturated carbocycles. The standard InChI is InChI=1S/C28H19N3O/c1-4-12-20(13-5-1)25-26(31(30-29-25)22-16-8-3-9-17-22)28-24-19-11-10-18-23(24)27(32-28)21-14-6-2-7-15-21/h1-19H. The van der Waals surface area contributed by atoms with E-state index >= 15 is 0 Å². The van der Waals surface area contributed by atoms with Crippen LogP contribution in [0.3, 0.4) is 0 Å². The van der Waals surface area contributed by atoms with Crippen molar-refractivity contribution in [2.24, 2.45) is 0 Å². The first-order chi connectivity index (χ1) is 15.9. The first kappa shape index (κ1) is 18.3. The van der Waals surface area contributed by atoms with Crippen LogP contribution in [0.2, 0.25) is 0 Å². The maximum Gasteiger partial charge on any atom is 0.163 e. The second-order valence-electron chi connectivity index (χ2n) is 7.57. The summed E-state index contributed by atoms with van der Waals surface area (Å²) in [5.41, 5.74) is 4.58. The molecule has 0 aliphatic heterocycles. The Bertz CT molecular complexity index is 1440. The number of benzene rings is 4. The molecular weight excluding hydrogens is 394 g/mol. The van der Waals surface area contributed by atoms with Crippen LogP contribution in [0.5, 0.6) is 0 Å². The van der Waals surface area contributed by atoms with E-state index in [1.54, 1.807) is 0 Å². The number of hydrogen-bond acceptors (Lipinski definition) is 3. The molecule has 0 atom stereocenters. The number of furan rings is 1. The minimum absolute atomic E-state index is 0.757. The van der Waals surface area contributed by atoms with Crippen LogP contribution >= 0.6 is 0 Å². The van der Waals surface area contributed by atoms with Crippen LogP contribution in [0.15, 0.2) is 120 Å². The lowest BCUT2D eigenvalue weighted by atomic mass is 10.0. The lowest BCUT2D eigenvalue weighted by Gasteiger charge is -2.07. The van der Waals surface area contributed by atoms with E-state index in [2.05, 4.69) is 34.6 Å². The minimum atomic E-state index is 0.757. The summed E-state index contributed by atoms with van der Waals surface area (Å²) in [6.07, 6.45) is 0. The van der Waals surface area contributed by atoms with Crippen LogP contribution in [0, 0.1) is 0 Å². The molecule has 2 aromatic heterocycles. The molecule has 0 bridgehead atoms. The third-order valence-corrected chi connectivity index (χ3v) is 5.59. The van der Waals surface area contributed by atoms with Gasteiger partial charge >= 0.3 is 0 Å². The van der Waals surface area contributed by atoms with Crippen LogP contribution in [0.4, 0.5) is 0 Å². The third-order valence-electron chi connectivity index (χ3n) is 5.59.